The molecule has 1 unspecified atom stereocenters. The molecule has 1 saturated heterocycles. The fourth-order valence-electron chi connectivity index (χ4n) is 5.42. The molecule has 4 aliphatic rings. The smallest absolute Gasteiger partial charge is 0.296 e. The monoisotopic (exact) mass is 406 g/mol. The Morgan fingerprint density at radius 2 is 1.55 bits per heavy atom. The first-order valence-corrected chi connectivity index (χ1v) is 11.5. The van der Waals surface area contributed by atoms with Gasteiger partial charge in [0, 0.05) is 42.5 Å². The van der Waals surface area contributed by atoms with Crippen LogP contribution in [0.5, 0.6) is 0 Å². The molecule has 1 fully saturated rings. The number of hydrogen-bond donors (Lipinski definition) is 0. The summed E-state index contributed by atoms with van der Waals surface area (Å²) < 4.78 is 19.0. The Labute approximate surface area is 172 Å². The number of fused-ring (bicyclic) bond motifs is 3. The first kappa shape index (κ1) is 17.4. The Bertz CT molecular complexity index is 1060. The molecule has 1 amide bonds. The third kappa shape index (κ3) is 2.41. The van der Waals surface area contributed by atoms with Crippen molar-refractivity contribution in [2.24, 2.45) is 4.99 Å². The number of amides is 1. The summed E-state index contributed by atoms with van der Waals surface area (Å²) in [6.45, 7) is 1.41. The van der Waals surface area contributed by atoms with Crippen molar-refractivity contribution in [1.82, 2.24) is 4.90 Å². The summed E-state index contributed by atoms with van der Waals surface area (Å²) in [5, 5.41) is 0. The number of likely N-dealkylation sites (tertiary alicyclic amines) is 1. The van der Waals surface area contributed by atoms with E-state index in [2.05, 4.69) is 34.2 Å². The quantitative estimate of drug-likeness (QED) is 0.675. The van der Waals surface area contributed by atoms with Gasteiger partial charge in [0.2, 0.25) is 5.60 Å². The van der Waals surface area contributed by atoms with E-state index in [1.54, 1.807) is 0 Å². The number of aliphatic imine (C=N–C) groups is 1. The van der Waals surface area contributed by atoms with Gasteiger partial charge in [0.05, 0.1) is 4.75 Å². The van der Waals surface area contributed by atoms with E-state index in [1.807, 2.05) is 24.3 Å². The van der Waals surface area contributed by atoms with Crippen LogP contribution < -0.4 is 0 Å². The molecule has 0 radical (unpaired) electrons. The van der Waals surface area contributed by atoms with Crippen LogP contribution in [0.25, 0.3) is 0 Å². The van der Waals surface area contributed by atoms with E-state index in [0.29, 0.717) is 37.7 Å². The second-order valence-electron chi connectivity index (χ2n) is 8.55. The van der Waals surface area contributed by atoms with Gasteiger partial charge in [0.1, 0.15) is 0 Å². The van der Waals surface area contributed by atoms with Crippen LogP contribution in [0.1, 0.15) is 35.1 Å². The van der Waals surface area contributed by atoms with Crippen molar-refractivity contribution in [3.63, 3.8) is 0 Å². The molecule has 148 valence electrons. The zero-order valence-corrected chi connectivity index (χ0v) is 16.9. The highest BCUT2D eigenvalue weighted by atomic mass is 32.2. The van der Waals surface area contributed by atoms with Crippen LogP contribution in [-0.4, -0.2) is 39.7 Å². The second-order valence-corrected chi connectivity index (χ2v) is 10.3. The number of amidine groups is 1. The van der Waals surface area contributed by atoms with Gasteiger partial charge in [0.25, 0.3) is 11.9 Å². The van der Waals surface area contributed by atoms with E-state index in [9.17, 15) is 9.00 Å². The third-order valence-corrected chi connectivity index (χ3v) is 9.09. The molecule has 2 aromatic carbocycles. The summed E-state index contributed by atoms with van der Waals surface area (Å²) in [5.74, 6) is 0.479. The minimum atomic E-state index is -0.898. The fraction of sp³-hybridized carbons (Fsp3) is 0.391. The molecule has 0 N–H and O–H groups in total. The molecular formula is C23H22N2O3S. The summed E-state index contributed by atoms with van der Waals surface area (Å²) in [6.07, 6.45) is 2.76. The minimum absolute atomic E-state index is 0.168. The van der Waals surface area contributed by atoms with Crippen LogP contribution >= 0.6 is 0 Å². The Hall–Kier alpha value is -2.47. The lowest BCUT2D eigenvalue weighted by atomic mass is 9.86. The van der Waals surface area contributed by atoms with Crippen molar-refractivity contribution in [2.75, 3.05) is 13.1 Å². The van der Waals surface area contributed by atoms with Crippen LogP contribution in [0.15, 0.2) is 53.5 Å². The molecule has 6 heteroatoms. The number of ether oxygens (including phenoxy) is 1. The standard InChI is InChI=1S/C23H22N2O3S/c26-20-22(13-16-5-1-2-6-17(16)14-22)28-21(24-20)25-11-9-23(10-12-25)19-8-4-3-7-18(19)15-29(23)27/h1-8H,9-15H2. The highest BCUT2D eigenvalue weighted by Gasteiger charge is 2.53. The van der Waals surface area contributed by atoms with E-state index in [-0.39, 0.29) is 10.7 Å². The number of carbonyl (C=O) groups excluding carboxylic acids is 1. The molecule has 1 atom stereocenters. The molecular weight excluding hydrogens is 384 g/mol. The van der Waals surface area contributed by atoms with Gasteiger partial charge < -0.3 is 9.64 Å². The van der Waals surface area contributed by atoms with Crippen molar-refractivity contribution in [1.29, 1.82) is 0 Å². The number of rotatable bonds is 0. The number of hydrogen-bond acceptors (Lipinski definition) is 4. The maximum atomic E-state index is 13.0. The first-order chi connectivity index (χ1) is 14.1. The fourth-order valence-corrected chi connectivity index (χ4v) is 7.31. The number of carbonyl (C=O) groups is 1. The highest BCUT2D eigenvalue weighted by Crippen LogP contribution is 2.47. The molecule has 2 aromatic rings. The highest BCUT2D eigenvalue weighted by molar-refractivity contribution is 7.85. The lowest BCUT2D eigenvalue weighted by molar-refractivity contribution is -0.130. The normalized spacial score (nSPS) is 25.8. The molecule has 6 rings (SSSR count). The van der Waals surface area contributed by atoms with E-state index in [0.717, 1.165) is 12.8 Å². The van der Waals surface area contributed by atoms with Gasteiger partial charge in [-0.15, -0.1) is 0 Å². The van der Waals surface area contributed by atoms with E-state index in [1.165, 1.54) is 22.3 Å². The van der Waals surface area contributed by atoms with Gasteiger partial charge in [-0.3, -0.25) is 9.00 Å². The predicted octanol–water partition coefficient (Wildman–Crippen LogP) is 2.69. The zero-order chi connectivity index (χ0) is 19.6. The van der Waals surface area contributed by atoms with Gasteiger partial charge >= 0.3 is 0 Å². The Morgan fingerprint density at radius 3 is 2.24 bits per heavy atom. The van der Waals surface area contributed by atoms with Crippen LogP contribution in [0, 0.1) is 0 Å². The second kappa shape index (κ2) is 6.02. The zero-order valence-electron chi connectivity index (χ0n) is 16.1. The first-order valence-electron chi connectivity index (χ1n) is 10.2. The SMILES string of the molecule is O=C1N=C(N2CCC3(CC2)c2ccccc2CS3=O)OC12Cc1ccccc1C2. The third-order valence-electron chi connectivity index (χ3n) is 7.02. The van der Waals surface area contributed by atoms with Gasteiger partial charge in [-0.25, -0.2) is 0 Å². The lowest BCUT2D eigenvalue weighted by Crippen LogP contribution is -2.47. The predicted molar refractivity (Wildman–Crippen MR) is 111 cm³/mol. The Morgan fingerprint density at radius 1 is 0.931 bits per heavy atom. The molecule has 29 heavy (non-hydrogen) atoms. The van der Waals surface area contributed by atoms with Crippen molar-refractivity contribution in [3.05, 3.63) is 70.8 Å². The average molecular weight is 407 g/mol. The molecule has 1 aliphatic carbocycles. The molecule has 3 aliphatic heterocycles. The van der Waals surface area contributed by atoms with Crippen LogP contribution in [0.2, 0.25) is 0 Å². The summed E-state index contributed by atoms with van der Waals surface area (Å²) in [6, 6.07) is 16.9. The molecule has 5 nitrogen and oxygen atoms in total. The molecule has 0 aromatic heterocycles. The largest absolute Gasteiger partial charge is 0.447 e. The Kier molecular flexibility index (Phi) is 3.61. The maximum Gasteiger partial charge on any atom is 0.296 e. The van der Waals surface area contributed by atoms with Crippen molar-refractivity contribution in [3.8, 4) is 0 Å². The minimum Gasteiger partial charge on any atom is -0.447 e. The molecule has 0 saturated carbocycles. The van der Waals surface area contributed by atoms with Crippen molar-refractivity contribution >= 4 is 22.7 Å². The van der Waals surface area contributed by atoms with Gasteiger partial charge in [-0.05, 0) is 35.1 Å². The topological polar surface area (TPSA) is 59.0 Å². The molecule has 0 bridgehead atoms. The summed E-state index contributed by atoms with van der Waals surface area (Å²) in [7, 11) is -0.898. The van der Waals surface area contributed by atoms with E-state index < -0.39 is 16.4 Å². The summed E-state index contributed by atoms with van der Waals surface area (Å²) in [5.41, 5.74) is 3.94. The van der Waals surface area contributed by atoms with E-state index in [4.69, 9.17) is 4.74 Å². The van der Waals surface area contributed by atoms with Gasteiger partial charge in [0.15, 0.2) is 0 Å². The van der Waals surface area contributed by atoms with Crippen LogP contribution in [0.4, 0.5) is 0 Å². The number of piperidine rings is 1. The number of nitrogens with zero attached hydrogens (tertiary/aromatic N) is 2. The average Bonchev–Trinajstić information content (AvgIpc) is 3.36. The van der Waals surface area contributed by atoms with E-state index >= 15 is 0 Å². The van der Waals surface area contributed by atoms with Gasteiger partial charge in [-0.1, -0.05) is 48.5 Å². The summed E-state index contributed by atoms with van der Waals surface area (Å²) >= 11 is 0. The molecule has 3 heterocycles. The van der Waals surface area contributed by atoms with Crippen molar-refractivity contribution < 1.29 is 13.7 Å². The van der Waals surface area contributed by atoms with Crippen molar-refractivity contribution in [2.45, 2.75) is 41.8 Å². The number of benzene rings is 2. The lowest BCUT2D eigenvalue weighted by Gasteiger charge is -2.39. The van der Waals surface area contributed by atoms with Gasteiger partial charge in [-0.2, -0.15) is 4.99 Å². The van der Waals surface area contributed by atoms with Crippen LogP contribution in [-0.2, 0) is 43.7 Å². The maximum absolute atomic E-state index is 13.0. The van der Waals surface area contributed by atoms with Crippen LogP contribution in [0.3, 0.4) is 0 Å². The Balaban J connectivity index is 1.21. The molecule has 2 spiro atoms. The summed E-state index contributed by atoms with van der Waals surface area (Å²) in [4.78, 5) is 19.2.